The highest BCUT2D eigenvalue weighted by Crippen LogP contribution is 2.32. The van der Waals surface area contributed by atoms with Gasteiger partial charge < -0.3 is 48.5 Å². The molecular formula is C74H100BrClO16. The van der Waals surface area contributed by atoms with E-state index in [4.69, 9.17) is 45.5 Å². The number of ether oxygens (including phenoxy) is 7. The number of alkyl halides is 1. The first-order valence-corrected chi connectivity index (χ1v) is 30.5. The Kier molecular flexibility index (Phi) is 33.8. The number of carboxylic acids is 1. The monoisotopic (exact) mass is 1360 g/mol. The van der Waals surface area contributed by atoms with Crippen LogP contribution in [0, 0.1) is 6.92 Å². The first kappa shape index (κ1) is 84.1. The molecule has 6 aromatic rings. The molecule has 6 rings (SSSR count). The smallest absolute Gasteiger partial charge is 0.341 e. The van der Waals surface area contributed by atoms with Gasteiger partial charge in [-0.2, -0.15) is 0 Å². The fraction of sp³-hybridized carbons (Fsp3) is 0.432. The predicted molar refractivity (Wildman–Crippen MR) is 371 cm³/mol. The molecule has 0 aliphatic heterocycles. The standard InChI is InChI=1S/C13H18O3.C13H18O2.C12H15ClO2.2C12H16O3.C8H8O3.C4H9Br/c1-13(2,3)9-6-7-11(15-4)10(8-9)12(14)16-5;1-9-6-7-10(13(2,3)4)8-11(9)12(14)15-5;2*1-12(2,3)8-5-6-10(15-4)9(7-8)11(13)14;1-12(2,3)8-5-6-10(13)9(7-8)11(14)15-4;1-11-8(10)6-4-2-3-5-7(6)9;1-4(2,3)5/h6-8H,1-5H3;6-8H,1-5H3;5-7H,1-4H3;5-7H,1-4H3,(H,13,14);5-7,13H,1-4H3;2-5,9H,1H3;1-3H3. The topological polar surface area (TPSA) is 228 Å². The van der Waals surface area contributed by atoms with Crippen molar-refractivity contribution in [3.8, 4) is 28.7 Å². The summed E-state index contributed by atoms with van der Waals surface area (Å²) in [6.07, 6.45) is 0. The zero-order valence-electron chi connectivity index (χ0n) is 58.9. The molecule has 0 fully saturated rings. The molecule has 0 aromatic heterocycles. The second kappa shape index (κ2) is 37.0. The number of rotatable bonds is 9. The first-order chi connectivity index (χ1) is 42.1. The van der Waals surface area contributed by atoms with Gasteiger partial charge in [-0.05, 0) is 146 Å². The molecule has 0 saturated carbocycles. The van der Waals surface area contributed by atoms with E-state index in [1.807, 2.05) is 90.9 Å². The quantitative estimate of drug-likeness (QED) is 0.0529. The third-order valence-electron chi connectivity index (χ3n) is 13.1. The van der Waals surface area contributed by atoms with Crippen molar-refractivity contribution in [1.29, 1.82) is 0 Å². The molecule has 0 aliphatic rings. The number of aromatic carboxylic acids is 1. The van der Waals surface area contributed by atoms with Crippen molar-refractivity contribution >= 4 is 62.6 Å². The van der Waals surface area contributed by atoms with E-state index in [-0.39, 0.29) is 67.2 Å². The largest absolute Gasteiger partial charge is 0.507 e. The fourth-order valence-corrected chi connectivity index (χ4v) is 7.71. The Bertz CT molecular complexity index is 3240. The lowest BCUT2D eigenvalue weighted by molar-refractivity contribution is 0.0587. The van der Waals surface area contributed by atoms with Crippen molar-refractivity contribution in [2.45, 2.75) is 163 Å². The van der Waals surface area contributed by atoms with E-state index in [0.29, 0.717) is 38.3 Å². The normalized spacial score (nSPS) is 11.0. The highest BCUT2D eigenvalue weighted by Gasteiger charge is 2.23. The second-order valence-electron chi connectivity index (χ2n) is 26.9. The van der Waals surface area contributed by atoms with Crippen LogP contribution in [0.25, 0.3) is 0 Å². The molecule has 18 heteroatoms. The van der Waals surface area contributed by atoms with Crippen molar-refractivity contribution in [1.82, 2.24) is 0 Å². The number of methoxy groups -OCH3 is 7. The molecule has 0 spiro atoms. The number of benzene rings is 6. The van der Waals surface area contributed by atoms with Crippen LogP contribution in [-0.2, 0) is 46.0 Å². The van der Waals surface area contributed by atoms with Crippen molar-refractivity contribution < 1.29 is 77.2 Å². The molecule has 0 bridgehead atoms. The van der Waals surface area contributed by atoms with Crippen LogP contribution >= 0.6 is 27.5 Å². The maximum Gasteiger partial charge on any atom is 0.341 e. The van der Waals surface area contributed by atoms with Crippen LogP contribution in [0.5, 0.6) is 28.7 Å². The summed E-state index contributed by atoms with van der Waals surface area (Å²) < 4.78 is 34.0. The number of aryl methyl sites for hydroxylation is 1. The summed E-state index contributed by atoms with van der Waals surface area (Å²) >= 11 is 8.87. The summed E-state index contributed by atoms with van der Waals surface area (Å²) in [6.45, 7) is 39.4. The molecule has 0 radical (unpaired) electrons. The van der Waals surface area contributed by atoms with Crippen LogP contribution in [-0.4, -0.2) is 105 Å². The minimum atomic E-state index is -0.960. The summed E-state index contributed by atoms with van der Waals surface area (Å²) in [5, 5.41) is 27.1. The number of hydrogen-bond donors (Lipinski definition) is 3. The van der Waals surface area contributed by atoms with E-state index >= 15 is 0 Å². The van der Waals surface area contributed by atoms with Gasteiger partial charge in [-0.25, -0.2) is 24.0 Å². The van der Waals surface area contributed by atoms with Crippen molar-refractivity contribution in [2.75, 3.05) is 49.8 Å². The molecule has 6 aromatic carbocycles. The third kappa shape index (κ3) is 29.2. The zero-order valence-corrected chi connectivity index (χ0v) is 61.2. The Morgan fingerprint density at radius 3 is 0.957 bits per heavy atom. The number of hydrogen-bond acceptors (Lipinski definition) is 15. The highest BCUT2D eigenvalue weighted by molar-refractivity contribution is 9.10. The first-order valence-electron chi connectivity index (χ1n) is 29.3. The van der Waals surface area contributed by atoms with Crippen LogP contribution in [0.15, 0.2) is 115 Å². The van der Waals surface area contributed by atoms with Gasteiger partial charge in [0, 0.05) is 4.32 Å². The van der Waals surface area contributed by atoms with Crippen LogP contribution in [0.2, 0.25) is 0 Å². The number of esters is 4. The Morgan fingerprint density at radius 1 is 0.359 bits per heavy atom. The van der Waals surface area contributed by atoms with E-state index < -0.39 is 23.2 Å². The minimum Gasteiger partial charge on any atom is -0.507 e. The third-order valence-corrected chi connectivity index (χ3v) is 13.3. The molecule has 3 N–H and O–H groups in total. The second-order valence-corrected chi connectivity index (χ2v) is 29.6. The van der Waals surface area contributed by atoms with E-state index in [0.717, 1.165) is 33.4 Å². The Morgan fingerprint density at radius 2 is 0.620 bits per heavy atom. The van der Waals surface area contributed by atoms with Crippen LogP contribution in [0.1, 0.15) is 220 Å². The van der Waals surface area contributed by atoms with E-state index in [1.165, 1.54) is 60.9 Å². The van der Waals surface area contributed by atoms with Crippen molar-refractivity contribution in [3.05, 3.63) is 182 Å². The maximum atomic E-state index is 11.6. The number of aromatic hydroxyl groups is 2. The molecule has 0 aliphatic carbocycles. The predicted octanol–water partition coefficient (Wildman–Crippen LogP) is 17.8. The molecular weight excluding hydrogens is 1260 g/mol. The summed E-state index contributed by atoms with van der Waals surface area (Å²) in [5.74, 6) is -1.28. The number of carboxylic acid groups (broad SMARTS) is 1. The number of phenolic OH excluding ortho intramolecular Hbond substituents is 2. The van der Waals surface area contributed by atoms with Gasteiger partial charge in [0.05, 0.1) is 60.9 Å². The number of halogens is 2. The number of phenols is 2. The fourth-order valence-electron chi connectivity index (χ4n) is 7.56. The van der Waals surface area contributed by atoms with Gasteiger partial charge >= 0.3 is 29.8 Å². The molecule has 92 heavy (non-hydrogen) atoms. The van der Waals surface area contributed by atoms with Gasteiger partial charge in [-0.15, -0.1) is 0 Å². The lowest BCUT2D eigenvalue weighted by Gasteiger charge is -2.20. The highest BCUT2D eigenvalue weighted by atomic mass is 79.9. The molecule has 0 heterocycles. The van der Waals surface area contributed by atoms with Gasteiger partial charge in [0.25, 0.3) is 5.24 Å². The number of carbonyl (C=O) groups is 6. The number of para-hydroxylation sites is 1. The Balaban J connectivity index is 0.00000107. The Labute approximate surface area is 560 Å². The SMILES string of the molecule is CC(C)(C)Br.COC(=O)c1cc(C(C)(C)C)ccc1C.COC(=O)c1cc(C(C)(C)C)ccc1O.COC(=O)c1cc(C(C)(C)C)ccc1OC.COC(=O)c1ccccc1O.COc1ccc(C(C)(C)C)cc1C(=O)Cl.COc1ccc(C(C)(C)C)cc1C(=O)O. The van der Waals surface area contributed by atoms with E-state index in [1.54, 1.807) is 55.6 Å². The van der Waals surface area contributed by atoms with E-state index in [2.05, 4.69) is 115 Å². The lowest BCUT2D eigenvalue weighted by atomic mass is 9.85. The zero-order chi connectivity index (χ0) is 71.7. The molecule has 0 atom stereocenters. The van der Waals surface area contributed by atoms with Crippen LogP contribution < -0.4 is 14.2 Å². The summed E-state index contributed by atoms with van der Waals surface area (Å²) in [4.78, 5) is 67.4. The van der Waals surface area contributed by atoms with Crippen LogP contribution in [0.4, 0.5) is 0 Å². The maximum absolute atomic E-state index is 11.6. The lowest BCUT2D eigenvalue weighted by Crippen LogP contribution is -2.13. The van der Waals surface area contributed by atoms with Gasteiger partial charge in [-0.3, -0.25) is 4.79 Å². The summed E-state index contributed by atoms with van der Waals surface area (Å²) in [6, 6.07) is 33.5. The summed E-state index contributed by atoms with van der Waals surface area (Å²) in [5.41, 5.74) is 8.30. The molecule has 0 saturated heterocycles. The minimum absolute atomic E-state index is 0.00492. The van der Waals surface area contributed by atoms with Crippen LogP contribution in [0.3, 0.4) is 0 Å². The van der Waals surface area contributed by atoms with Gasteiger partial charge in [0.15, 0.2) is 0 Å². The van der Waals surface area contributed by atoms with E-state index in [9.17, 15) is 33.9 Å². The molecule has 0 unspecified atom stereocenters. The summed E-state index contributed by atoms with van der Waals surface area (Å²) in [7, 11) is 9.88. The average molecular weight is 1360 g/mol. The molecule has 506 valence electrons. The van der Waals surface area contributed by atoms with Gasteiger partial charge in [0.2, 0.25) is 0 Å². The van der Waals surface area contributed by atoms with Crippen molar-refractivity contribution in [3.63, 3.8) is 0 Å². The average Bonchev–Trinajstić information content (AvgIpc) is 1.03. The van der Waals surface area contributed by atoms with Gasteiger partial charge in [0.1, 0.15) is 51.0 Å². The van der Waals surface area contributed by atoms with Crippen molar-refractivity contribution in [2.24, 2.45) is 0 Å². The molecule has 16 nitrogen and oxygen atoms in total. The van der Waals surface area contributed by atoms with Gasteiger partial charge in [-0.1, -0.05) is 189 Å². The Hall–Kier alpha value is -7.89. The molecule has 0 amide bonds. The number of carbonyl (C=O) groups excluding carboxylic acids is 5.